The van der Waals surface area contributed by atoms with E-state index >= 15 is 0 Å². The summed E-state index contributed by atoms with van der Waals surface area (Å²) >= 11 is 12.8. The number of thiophene rings is 1. The van der Waals surface area contributed by atoms with Gasteiger partial charge in [0.1, 0.15) is 10.6 Å². The fraction of sp³-hybridized carbons (Fsp3) is 0.158. The van der Waals surface area contributed by atoms with Crippen LogP contribution in [0.4, 0.5) is 0 Å². The second-order valence-corrected chi connectivity index (χ2v) is 7.51. The molecule has 0 fully saturated rings. The maximum atomic E-state index is 12.3. The number of hydrogen-bond donors (Lipinski definition) is 3. The number of hydrazine groups is 1. The zero-order valence-electron chi connectivity index (χ0n) is 14.5. The van der Waals surface area contributed by atoms with Crippen molar-refractivity contribution in [3.63, 3.8) is 0 Å². The highest BCUT2D eigenvalue weighted by Crippen LogP contribution is 2.34. The highest BCUT2D eigenvalue weighted by molar-refractivity contribution is 7.80. The highest BCUT2D eigenvalue weighted by atomic mass is 35.5. The van der Waals surface area contributed by atoms with Crippen molar-refractivity contribution in [2.45, 2.75) is 6.42 Å². The Morgan fingerprint density at radius 2 is 1.89 bits per heavy atom. The topological polar surface area (TPSA) is 62.4 Å². The lowest BCUT2D eigenvalue weighted by Gasteiger charge is -2.11. The molecule has 0 saturated heterocycles. The van der Waals surface area contributed by atoms with Crippen LogP contribution in [0.25, 0.3) is 10.1 Å². The van der Waals surface area contributed by atoms with Crippen molar-refractivity contribution in [1.29, 1.82) is 0 Å². The monoisotopic (exact) mass is 419 g/mol. The molecule has 0 spiro atoms. The fourth-order valence-electron chi connectivity index (χ4n) is 2.49. The van der Waals surface area contributed by atoms with Gasteiger partial charge in [0, 0.05) is 16.6 Å². The van der Waals surface area contributed by atoms with Gasteiger partial charge in [-0.3, -0.25) is 15.6 Å². The number of fused-ring (bicyclic) bond motifs is 1. The van der Waals surface area contributed by atoms with E-state index in [1.165, 1.54) is 11.3 Å². The largest absolute Gasteiger partial charge is 0.497 e. The van der Waals surface area contributed by atoms with Crippen molar-refractivity contribution >= 4 is 56.3 Å². The van der Waals surface area contributed by atoms with E-state index in [-0.39, 0.29) is 5.91 Å². The number of hydrogen-bond acceptors (Lipinski definition) is 4. The first-order chi connectivity index (χ1) is 13.1. The van der Waals surface area contributed by atoms with E-state index in [4.69, 9.17) is 28.6 Å². The van der Waals surface area contributed by atoms with Gasteiger partial charge >= 0.3 is 0 Å². The molecule has 1 amide bonds. The summed E-state index contributed by atoms with van der Waals surface area (Å²) in [7, 11) is 1.64. The molecule has 0 bridgehead atoms. The Balaban J connectivity index is 1.46. The number of ether oxygens (including phenoxy) is 1. The van der Waals surface area contributed by atoms with Gasteiger partial charge in [0.05, 0.1) is 12.1 Å². The van der Waals surface area contributed by atoms with E-state index in [1.807, 2.05) is 48.5 Å². The lowest BCUT2D eigenvalue weighted by atomic mass is 10.1. The second-order valence-electron chi connectivity index (χ2n) is 5.67. The molecule has 0 aliphatic carbocycles. The molecule has 1 heterocycles. The minimum absolute atomic E-state index is 0.319. The van der Waals surface area contributed by atoms with Gasteiger partial charge in [-0.05, 0) is 42.4 Å². The molecule has 0 atom stereocenters. The first-order valence-corrected chi connectivity index (χ1v) is 9.83. The third kappa shape index (κ3) is 4.88. The molecule has 5 nitrogen and oxygen atoms in total. The fourth-order valence-corrected chi connectivity index (χ4v) is 4.05. The molecular weight excluding hydrogens is 402 g/mol. The van der Waals surface area contributed by atoms with Crippen LogP contribution in [-0.4, -0.2) is 24.7 Å². The van der Waals surface area contributed by atoms with Crippen LogP contribution in [0.5, 0.6) is 5.75 Å². The predicted molar refractivity (Wildman–Crippen MR) is 115 cm³/mol. The summed E-state index contributed by atoms with van der Waals surface area (Å²) in [5, 5.41) is 4.72. The van der Waals surface area contributed by atoms with Crippen LogP contribution in [0.15, 0.2) is 48.5 Å². The van der Waals surface area contributed by atoms with Crippen molar-refractivity contribution in [2.24, 2.45) is 0 Å². The summed E-state index contributed by atoms with van der Waals surface area (Å²) in [5.41, 5.74) is 6.45. The summed E-state index contributed by atoms with van der Waals surface area (Å²) in [4.78, 5) is 12.8. The zero-order valence-corrected chi connectivity index (χ0v) is 16.9. The summed E-state index contributed by atoms with van der Waals surface area (Å²) in [6.45, 7) is 0.637. The molecule has 2 aromatic carbocycles. The second kappa shape index (κ2) is 9.03. The van der Waals surface area contributed by atoms with Crippen LogP contribution in [-0.2, 0) is 6.42 Å². The third-order valence-corrected chi connectivity index (χ3v) is 5.81. The van der Waals surface area contributed by atoms with Crippen LogP contribution in [0.3, 0.4) is 0 Å². The van der Waals surface area contributed by atoms with E-state index in [0.29, 0.717) is 21.6 Å². The average Bonchev–Trinajstić information content (AvgIpc) is 3.04. The molecule has 0 radical (unpaired) electrons. The van der Waals surface area contributed by atoms with Crippen molar-refractivity contribution in [1.82, 2.24) is 16.2 Å². The zero-order chi connectivity index (χ0) is 19.2. The smallest absolute Gasteiger partial charge is 0.281 e. The number of carbonyl (C=O) groups is 1. The molecule has 8 heteroatoms. The number of nitrogens with one attached hydrogen (secondary N) is 3. The molecule has 3 rings (SSSR count). The Hall–Kier alpha value is -2.35. The van der Waals surface area contributed by atoms with Gasteiger partial charge in [-0.2, -0.15) is 0 Å². The third-order valence-electron chi connectivity index (χ3n) is 3.89. The number of methoxy groups -OCH3 is 1. The van der Waals surface area contributed by atoms with Gasteiger partial charge in [-0.25, -0.2) is 0 Å². The van der Waals surface area contributed by atoms with Crippen LogP contribution in [0.2, 0.25) is 5.02 Å². The molecule has 1 aromatic heterocycles. The normalized spacial score (nSPS) is 10.4. The van der Waals surface area contributed by atoms with Crippen LogP contribution in [0.1, 0.15) is 15.2 Å². The Morgan fingerprint density at radius 1 is 1.15 bits per heavy atom. The average molecular weight is 420 g/mol. The van der Waals surface area contributed by atoms with Gasteiger partial charge < -0.3 is 10.1 Å². The molecule has 0 aliphatic rings. The van der Waals surface area contributed by atoms with E-state index in [0.717, 1.165) is 27.8 Å². The first-order valence-electron chi connectivity index (χ1n) is 8.22. The molecular formula is C19H18ClN3O2S2. The summed E-state index contributed by atoms with van der Waals surface area (Å²) < 4.78 is 6.10. The van der Waals surface area contributed by atoms with E-state index in [9.17, 15) is 4.79 Å². The first kappa shape index (κ1) is 19.4. The van der Waals surface area contributed by atoms with E-state index < -0.39 is 0 Å². The Morgan fingerprint density at radius 3 is 2.59 bits per heavy atom. The molecule has 3 N–H and O–H groups in total. The Bertz CT molecular complexity index is 957. The number of rotatable bonds is 5. The SMILES string of the molecule is COc1ccc(CCNC(=S)NNC(=O)c2sc3ccccc3c2Cl)cc1. The Kier molecular flexibility index (Phi) is 6.49. The molecule has 3 aromatic rings. The number of carbonyl (C=O) groups excluding carboxylic acids is 1. The number of benzene rings is 2. The maximum absolute atomic E-state index is 12.3. The van der Waals surface area contributed by atoms with Crippen molar-refractivity contribution in [2.75, 3.05) is 13.7 Å². The van der Waals surface area contributed by atoms with Crippen molar-refractivity contribution in [3.05, 3.63) is 64.0 Å². The minimum atomic E-state index is -0.319. The number of thiocarbonyl (C=S) groups is 1. The number of halogens is 1. The summed E-state index contributed by atoms with van der Waals surface area (Å²) in [6.07, 6.45) is 0.794. The van der Waals surface area contributed by atoms with Gasteiger partial charge in [0.15, 0.2) is 5.11 Å². The van der Waals surface area contributed by atoms with Gasteiger partial charge in [-0.15, -0.1) is 11.3 Å². The molecule has 0 unspecified atom stereocenters. The van der Waals surface area contributed by atoms with Crippen LogP contribution < -0.4 is 20.9 Å². The summed E-state index contributed by atoms with van der Waals surface area (Å²) in [6, 6.07) is 15.5. The highest BCUT2D eigenvalue weighted by Gasteiger charge is 2.16. The van der Waals surface area contributed by atoms with Crippen molar-refractivity contribution in [3.8, 4) is 5.75 Å². The number of amides is 1. The predicted octanol–water partition coefficient (Wildman–Crippen LogP) is 3.91. The molecule has 0 aliphatic heterocycles. The quantitative estimate of drug-likeness (QED) is 0.432. The summed E-state index contributed by atoms with van der Waals surface area (Å²) in [5.74, 6) is 0.506. The lowest BCUT2D eigenvalue weighted by molar-refractivity contribution is 0.0948. The lowest BCUT2D eigenvalue weighted by Crippen LogP contribution is -2.47. The molecule has 27 heavy (non-hydrogen) atoms. The minimum Gasteiger partial charge on any atom is -0.497 e. The van der Waals surface area contributed by atoms with Crippen LogP contribution in [0, 0.1) is 0 Å². The van der Waals surface area contributed by atoms with Crippen molar-refractivity contribution < 1.29 is 9.53 Å². The van der Waals surface area contributed by atoms with E-state index in [2.05, 4.69) is 16.2 Å². The van der Waals surface area contributed by atoms with Gasteiger partial charge in [-0.1, -0.05) is 41.9 Å². The molecule has 140 valence electrons. The van der Waals surface area contributed by atoms with Crippen LogP contribution >= 0.6 is 35.2 Å². The standard InChI is InChI=1S/C19H18ClN3O2S2/c1-25-13-8-6-12(7-9-13)10-11-21-19(26)23-22-18(24)17-16(20)14-4-2-3-5-15(14)27-17/h2-9H,10-11H2,1H3,(H,22,24)(H2,21,23,26). The molecule has 0 saturated carbocycles. The van der Waals surface area contributed by atoms with E-state index in [1.54, 1.807) is 7.11 Å². The van der Waals surface area contributed by atoms with Gasteiger partial charge in [0.25, 0.3) is 5.91 Å². The van der Waals surface area contributed by atoms with Gasteiger partial charge in [0.2, 0.25) is 0 Å². The maximum Gasteiger partial charge on any atom is 0.281 e. The Labute approximate surface area is 171 Å².